The van der Waals surface area contributed by atoms with E-state index in [1.807, 2.05) is 0 Å². The van der Waals surface area contributed by atoms with Crippen molar-refractivity contribution in [3.63, 3.8) is 0 Å². The van der Waals surface area contributed by atoms with Gasteiger partial charge in [-0.15, -0.1) is 13.2 Å². The number of nitrogens with one attached hydrogen (secondary N) is 1. The van der Waals surface area contributed by atoms with E-state index >= 15 is 0 Å². The van der Waals surface area contributed by atoms with Crippen LogP contribution in [0.1, 0.15) is 10.4 Å². The van der Waals surface area contributed by atoms with Gasteiger partial charge in [-0.1, -0.05) is 24.3 Å². The Hall–Kier alpha value is -2.97. The Bertz CT molecular complexity index is 742. The van der Waals surface area contributed by atoms with Gasteiger partial charge in [0.2, 0.25) is 0 Å². The van der Waals surface area contributed by atoms with E-state index in [9.17, 15) is 31.5 Å². The number of nitrogens with zero attached hydrogens (tertiary/aromatic N) is 1. The highest BCUT2D eigenvalue weighted by Crippen LogP contribution is 2.28. The van der Waals surface area contributed by atoms with Crippen LogP contribution in [0.5, 0.6) is 0 Å². The number of hydrogen-bond donors (Lipinski definition) is 1. The van der Waals surface area contributed by atoms with Gasteiger partial charge in [0.15, 0.2) is 0 Å². The van der Waals surface area contributed by atoms with Gasteiger partial charge < -0.3 is 0 Å². The summed E-state index contributed by atoms with van der Waals surface area (Å²) in [6.07, 6.45) is -5.15. The van der Waals surface area contributed by atoms with E-state index in [0.717, 1.165) is 30.3 Å². The molecule has 2 aromatic carbocycles. The first kappa shape index (κ1) is 17.4. The van der Waals surface area contributed by atoms with Gasteiger partial charge in [-0.3, -0.25) is 10.1 Å². The predicted octanol–water partition coefficient (Wildman–Crippen LogP) is 3.84. The lowest BCUT2D eigenvalue weighted by Gasteiger charge is -2.24. The summed E-state index contributed by atoms with van der Waals surface area (Å²) in [5.74, 6) is -4.24. The van der Waals surface area contributed by atoms with Crippen LogP contribution in [0.2, 0.25) is 0 Å². The molecule has 0 atom stereocenters. The molecule has 0 unspecified atom stereocenters. The number of carbonyl (C=O) groups excluding carboxylic acids is 2. The van der Waals surface area contributed by atoms with E-state index in [1.54, 1.807) is 0 Å². The lowest BCUT2D eigenvalue weighted by atomic mass is 10.2. The van der Waals surface area contributed by atoms with Crippen LogP contribution < -0.4 is 10.2 Å². The SMILES string of the molecule is O=C(NC(=O)N(c1ccccc1)C(F)(F)F)c1c(F)cccc1F. The molecule has 9 heteroatoms. The molecular formula is C15H9F5N2O2. The van der Waals surface area contributed by atoms with Crippen molar-refractivity contribution in [2.75, 3.05) is 4.90 Å². The van der Waals surface area contributed by atoms with Crippen molar-refractivity contribution >= 4 is 17.6 Å². The predicted molar refractivity (Wildman–Crippen MR) is 74.2 cm³/mol. The second-order valence-electron chi connectivity index (χ2n) is 4.49. The molecule has 0 radical (unpaired) electrons. The van der Waals surface area contributed by atoms with Crippen LogP contribution >= 0.6 is 0 Å². The van der Waals surface area contributed by atoms with E-state index in [2.05, 4.69) is 0 Å². The van der Waals surface area contributed by atoms with Crippen molar-refractivity contribution < 1.29 is 31.5 Å². The molecule has 24 heavy (non-hydrogen) atoms. The molecule has 2 rings (SSSR count). The van der Waals surface area contributed by atoms with Gasteiger partial charge in [0.25, 0.3) is 5.91 Å². The van der Waals surface area contributed by atoms with Crippen LogP contribution in [-0.4, -0.2) is 18.2 Å². The third-order valence-corrected chi connectivity index (χ3v) is 2.88. The molecule has 0 spiro atoms. The maximum absolute atomic E-state index is 13.5. The Balaban J connectivity index is 2.30. The van der Waals surface area contributed by atoms with Crippen LogP contribution in [0, 0.1) is 11.6 Å². The first-order chi connectivity index (χ1) is 11.2. The normalized spacial score (nSPS) is 11.0. The molecule has 0 fully saturated rings. The number of anilines is 1. The summed E-state index contributed by atoms with van der Waals surface area (Å²) < 4.78 is 66.1. The Morgan fingerprint density at radius 1 is 0.875 bits per heavy atom. The number of carbonyl (C=O) groups is 2. The van der Waals surface area contributed by atoms with E-state index in [-0.39, 0.29) is 0 Å². The molecule has 0 aliphatic heterocycles. The number of rotatable bonds is 2. The zero-order valence-electron chi connectivity index (χ0n) is 11.8. The van der Waals surface area contributed by atoms with Crippen LogP contribution in [0.3, 0.4) is 0 Å². The summed E-state index contributed by atoms with van der Waals surface area (Å²) >= 11 is 0. The fourth-order valence-electron chi connectivity index (χ4n) is 1.89. The third kappa shape index (κ3) is 3.67. The minimum absolute atomic E-state index is 0.565. The molecule has 0 aromatic heterocycles. The molecular weight excluding hydrogens is 335 g/mol. The quantitative estimate of drug-likeness (QED) is 0.665. The average molecular weight is 344 g/mol. The highest BCUT2D eigenvalue weighted by molar-refractivity contribution is 6.09. The van der Waals surface area contributed by atoms with Crippen LogP contribution in [0.15, 0.2) is 48.5 Å². The second kappa shape index (κ2) is 6.65. The summed E-state index contributed by atoms with van der Waals surface area (Å²) in [5.41, 5.74) is -1.72. The molecule has 0 heterocycles. The second-order valence-corrected chi connectivity index (χ2v) is 4.49. The van der Waals surface area contributed by atoms with Crippen molar-refractivity contribution in [2.45, 2.75) is 6.30 Å². The third-order valence-electron chi connectivity index (χ3n) is 2.88. The van der Waals surface area contributed by atoms with Gasteiger partial charge in [-0.2, -0.15) is 0 Å². The fourth-order valence-corrected chi connectivity index (χ4v) is 1.89. The summed E-state index contributed by atoms with van der Waals surface area (Å²) in [6.45, 7) is 0. The Labute approximate surface area is 132 Å². The molecule has 0 bridgehead atoms. The zero-order chi connectivity index (χ0) is 17.9. The number of benzene rings is 2. The Morgan fingerprint density at radius 2 is 1.42 bits per heavy atom. The number of amides is 3. The Morgan fingerprint density at radius 3 is 1.92 bits per heavy atom. The van der Waals surface area contributed by atoms with E-state index < -0.39 is 46.0 Å². The first-order valence-electron chi connectivity index (χ1n) is 6.43. The van der Waals surface area contributed by atoms with Crippen molar-refractivity contribution in [1.29, 1.82) is 0 Å². The standard InChI is InChI=1S/C15H9F5N2O2/c16-10-7-4-8-11(17)12(10)13(23)21-14(24)22(15(18,19)20)9-5-2-1-3-6-9/h1-8H,(H,21,23,24). The molecule has 0 aliphatic carbocycles. The van der Waals surface area contributed by atoms with Crippen molar-refractivity contribution in [3.05, 3.63) is 65.7 Å². The number of urea groups is 1. The van der Waals surface area contributed by atoms with E-state index in [1.165, 1.54) is 23.5 Å². The van der Waals surface area contributed by atoms with Gasteiger partial charge >= 0.3 is 12.3 Å². The van der Waals surface area contributed by atoms with Crippen molar-refractivity contribution in [1.82, 2.24) is 5.32 Å². The van der Waals surface area contributed by atoms with Gasteiger partial charge in [-0.25, -0.2) is 18.5 Å². The van der Waals surface area contributed by atoms with Crippen LogP contribution in [0.4, 0.5) is 32.4 Å². The monoisotopic (exact) mass is 344 g/mol. The highest BCUT2D eigenvalue weighted by Gasteiger charge is 2.43. The topological polar surface area (TPSA) is 49.4 Å². The van der Waals surface area contributed by atoms with Gasteiger partial charge in [0.1, 0.15) is 17.2 Å². The summed E-state index contributed by atoms with van der Waals surface area (Å²) in [5, 5.41) is 1.33. The number of halogens is 5. The van der Waals surface area contributed by atoms with Gasteiger partial charge in [0, 0.05) is 0 Å². The lowest BCUT2D eigenvalue weighted by Crippen LogP contribution is -2.50. The zero-order valence-corrected chi connectivity index (χ0v) is 11.8. The van der Waals surface area contributed by atoms with Crippen LogP contribution in [0.25, 0.3) is 0 Å². The number of imide groups is 1. The van der Waals surface area contributed by atoms with Gasteiger partial charge in [0.05, 0.1) is 5.69 Å². The minimum atomic E-state index is -5.15. The summed E-state index contributed by atoms with van der Waals surface area (Å²) in [7, 11) is 0. The first-order valence-corrected chi connectivity index (χ1v) is 6.43. The molecule has 0 saturated heterocycles. The molecule has 4 nitrogen and oxygen atoms in total. The average Bonchev–Trinajstić information content (AvgIpc) is 2.46. The minimum Gasteiger partial charge on any atom is -0.273 e. The van der Waals surface area contributed by atoms with Crippen molar-refractivity contribution in [2.24, 2.45) is 0 Å². The molecule has 0 aliphatic rings. The van der Waals surface area contributed by atoms with Crippen LogP contribution in [-0.2, 0) is 0 Å². The maximum atomic E-state index is 13.5. The summed E-state index contributed by atoms with van der Waals surface area (Å²) in [4.78, 5) is 22.9. The molecule has 2 aromatic rings. The smallest absolute Gasteiger partial charge is 0.273 e. The molecule has 126 valence electrons. The van der Waals surface area contributed by atoms with Crippen molar-refractivity contribution in [3.8, 4) is 0 Å². The highest BCUT2D eigenvalue weighted by atomic mass is 19.4. The molecule has 1 N–H and O–H groups in total. The number of para-hydroxylation sites is 1. The largest absolute Gasteiger partial charge is 0.493 e. The lowest BCUT2D eigenvalue weighted by molar-refractivity contribution is -0.121. The maximum Gasteiger partial charge on any atom is 0.493 e. The Kier molecular flexibility index (Phi) is 4.82. The van der Waals surface area contributed by atoms with Gasteiger partial charge in [-0.05, 0) is 24.3 Å². The number of alkyl halides is 3. The summed E-state index contributed by atoms with van der Waals surface area (Å²) in [6, 6.07) is 6.45. The van der Waals surface area contributed by atoms with E-state index in [0.29, 0.717) is 0 Å². The number of hydrogen-bond acceptors (Lipinski definition) is 2. The fraction of sp³-hybridized carbons (Fsp3) is 0.0667. The molecule has 3 amide bonds. The van der Waals surface area contributed by atoms with E-state index in [4.69, 9.17) is 0 Å². The molecule has 0 saturated carbocycles.